The van der Waals surface area contributed by atoms with Crippen LogP contribution in [0, 0.1) is 0 Å². The molecule has 1 aromatic rings. The number of amides is 1. The van der Waals surface area contributed by atoms with Crippen LogP contribution in [0.3, 0.4) is 0 Å². The van der Waals surface area contributed by atoms with Gasteiger partial charge in [-0.25, -0.2) is 14.8 Å². The largest absolute Gasteiger partial charge is 0.477 e. The second kappa shape index (κ2) is 22.2. The molecule has 0 bridgehead atoms. The Hall–Kier alpha value is -1.98. The number of carboxylic acids is 1. The minimum atomic E-state index is -1.14. The van der Waals surface area contributed by atoms with E-state index in [1.165, 1.54) is 115 Å². The lowest BCUT2D eigenvalue weighted by molar-refractivity contribution is 0.0690. The smallest absolute Gasteiger partial charge is 0.354 e. The quantitative estimate of drug-likeness (QED) is 0.143. The third-order valence-corrected chi connectivity index (χ3v) is 6.96. The highest BCUT2D eigenvalue weighted by atomic mass is 16.4. The van der Waals surface area contributed by atoms with Crippen molar-refractivity contribution in [1.82, 2.24) is 14.9 Å². The molecule has 206 valence electrons. The molecular formula is C30H53N3O3. The van der Waals surface area contributed by atoms with Crippen molar-refractivity contribution in [2.45, 2.75) is 142 Å². The highest BCUT2D eigenvalue weighted by molar-refractivity contribution is 5.94. The van der Waals surface area contributed by atoms with Gasteiger partial charge in [0, 0.05) is 19.2 Å². The summed E-state index contributed by atoms with van der Waals surface area (Å²) >= 11 is 0. The van der Waals surface area contributed by atoms with Crippen LogP contribution in [-0.2, 0) is 0 Å². The zero-order valence-electron chi connectivity index (χ0n) is 23.3. The van der Waals surface area contributed by atoms with Gasteiger partial charge in [0.2, 0.25) is 0 Å². The first-order valence-corrected chi connectivity index (χ1v) is 14.9. The molecule has 0 saturated heterocycles. The van der Waals surface area contributed by atoms with Crippen molar-refractivity contribution >= 4 is 11.9 Å². The summed E-state index contributed by atoms with van der Waals surface area (Å²) in [6.07, 6.45) is 26.4. The number of rotatable bonds is 24. The van der Waals surface area contributed by atoms with Crippen molar-refractivity contribution in [3.05, 3.63) is 23.8 Å². The summed E-state index contributed by atoms with van der Waals surface area (Å²) < 4.78 is 0. The van der Waals surface area contributed by atoms with Gasteiger partial charge < -0.3 is 10.0 Å². The third kappa shape index (κ3) is 15.9. The molecule has 6 nitrogen and oxygen atoms in total. The molecule has 1 heterocycles. The van der Waals surface area contributed by atoms with Gasteiger partial charge in [0.15, 0.2) is 5.69 Å². The second-order valence-electron chi connectivity index (χ2n) is 10.2. The molecule has 0 saturated carbocycles. The number of aromatic nitrogens is 2. The molecule has 0 spiro atoms. The van der Waals surface area contributed by atoms with Gasteiger partial charge in [-0.3, -0.25) is 4.79 Å². The highest BCUT2D eigenvalue weighted by Gasteiger charge is 2.18. The van der Waals surface area contributed by atoms with Crippen molar-refractivity contribution in [2.75, 3.05) is 13.1 Å². The molecule has 0 atom stereocenters. The summed E-state index contributed by atoms with van der Waals surface area (Å²) in [4.78, 5) is 34.1. The van der Waals surface area contributed by atoms with E-state index in [-0.39, 0.29) is 17.3 Å². The predicted molar refractivity (Wildman–Crippen MR) is 149 cm³/mol. The van der Waals surface area contributed by atoms with E-state index in [2.05, 4.69) is 23.8 Å². The molecule has 1 N–H and O–H groups in total. The van der Waals surface area contributed by atoms with E-state index < -0.39 is 5.97 Å². The van der Waals surface area contributed by atoms with Crippen molar-refractivity contribution in [2.24, 2.45) is 0 Å². The Kier molecular flexibility index (Phi) is 19.8. The maximum absolute atomic E-state index is 13.1. The molecule has 0 unspecified atom stereocenters. The minimum Gasteiger partial charge on any atom is -0.477 e. The van der Waals surface area contributed by atoms with Gasteiger partial charge in [0.1, 0.15) is 12.0 Å². The maximum atomic E-state index is 13.1. The van der Waals surface area contributed by atoms with E-state index in [9.17, 15) is 14.7 Å². The number of nitrogens with zero attached hydrogens (tertiary/aromatic N) is 3. The third-order valence-electron chi connectivity index (χ3n) is 6.96. The number of carbonyl (C=O) groups excluding carboxylic acids is 1. The van der Waals surface area contributed by atoms with Crippen LogP contribution >= 0.6 is 0 Å². The molecule has 36 heavy (non-hydrogen) atoms. The predicted octanol–water partition coefficient (Wildman–Crippen LogP) is 8.46. The standard InChI is InChI=1S/C30H53N3O3/c1-3-5-7-9-11-13-15-17-19-21-23-33(24-22-20-18-16-14-12-10-8-6-4-2)29(34)27-25-28(30(35)36)32-26-31-27/h25-26H,3-24H2,1-2H3,(H,35,36). The Morgan fingerprint density at radius 3 is 1.36 bits per heavy atom. The molecule has 0 aliphatic carbocycles. The van der Waals surface area contributed by atoms with E-state index in [1.54, 1.807) is 0 Å². The summed E-state index contributed by atoms with van der Waals surface area (Å²) in [6, 6.07) is 1.30. The van der Waals surface area contributed by atoms with Crippen LogP contribution in [0.5, 0.6) is 0 Å². The maximum Gasteiger partial charge on any atom is 0.354 e. The van der Waals surface area contributed by atoms with Crippen LogP contribution in [0.15, 0.2) is 12.4 Å². The zero-order valence-corrected chi connectivity index (χ0v) is 23.3. The topological polar surface area (TPSA) is 83.4 Å². The van der Waals surface area contributed by atoms with Gasteiger partial charge in [-0.05, 0) is 12.8 Å². The zero-order chi connectivity index (χ0) is 26.3. The van der Waals surface area contributed by atoms with Crippen LogP contribution in [0.1, 0.15) is 163 Å². The molecule has 1 amide bonds. The van der Waals surface area contributed by atoms with Gasteiger partial charge >= 0.3 is 5.97 Å². The average Bonchev–Trinajstić information content (AvgIpc) is 2.89. The van der Waals surface area contributed by atoms with Crippen molar-refractivity contribution in [3.63, 3.8) is 0 Å². The summed E-state index contributed by atoms with van der Waals surface area (Å²) in [6.45, 7) is 5.92. The lowest BCUT2D eigenvalue weighted by Gasteiger charge is -2.22. The Morgan fingerprint density at radius 2 is 0.972 bits per heavy atom. The van der Waals surface area contributed by atoms with E-state index in [4.69, 9.17) is 0 Å². The fraction of sp³-hybridized carbons (Fsp3) is 0.800. The van der Waals surface area contributed by atoms with Crippen molar-refractivity contribution < 1.29 is 14.7 Å². The Labute approximate surface area is 220 Å². The SMILES string of the molecule is CCCCCCCCCCCCN(CCCCCCCCCCCC)C(=O)c1cc(C(=O)O)ncn1. The van der Waals surface area contributed by atoms with E-state index >= 15 is 0 Å². The normalized spacial score (nSPS) is 11.1. The van der Waals surface area contributed by atoms with E-state index in [0.717, 1.165) is 25.7 Å². The molecule has 0 radical (unpaired) electrons. The van der Waals surface area contributed by atoms with Crippen LogP contribution in [0.2, 0.25) is 0 Å². The van der Waals surface area contributed by atoms with E-state index in [0.29, 0.717) is 13.1 Å². The van der Waals surface area contributed by atoms with Crippen molar-refractivity contribution in [1.29, 1.82) is 0 Å². The van der Waals surface area contributed by atoms with Crippen molar-refractivity contribution in [3.8, 4) is 0 Å². The Morgan fingerprint density at radius 1 is 0.611 bits per heavy atom. The number of carbonyl (C=O) groups is 2. The number of hydrogen-bond acceptors (Lipinski definition) is 4. The van der Waals surface area contributed by atoms with Gasteiger partial charge in [-0.2, -0.15) is 0 Å². The molecule has 1 aromatic heterocycles. The lowest BCUT2D eigenvalue weighted by atomic mass is 10.1. The van der Waals surface area contributed by atoms with Gasteiger partial charge in [-0.15, -0.1) is 0 Å². The number of unbranched alkanes of at least 4 members (excludes halogenated alkanes) is 18. The van der Waals surface area contributed by atoms with Crippen LogP contribution < -0.4 is 0 Å². The summed E-state index contributed by atoms with van der Waals surface area (Å²) in [5, 5.41) is 9.22. The Bertz CT molecular complexity index is 672. The summed E-state index contributed by atoms with van der Waals surface area (Å²) in [5.74, 6) is -1.31. The molecule has 1 rings (SSSR count). The fourth-order valence-corrected chi connectivity index (χ4v) is 4.65. The summed E-state index contributed by atoms with van der Waals surface area (Å²) in [7, 11) is 0. The van der Waals surface area contributed by atoms with Gasteiger partial charge in [-0.1, -0.05) is 129 Å². The monoisotopic (exact) mass is 503 g/mol. The fourth-order valence-electron chi connectivity index (χ4n) is 4.65. The summed E-state index contributed by atoms with van der Waals surface area (Å²) in [5.41, 5.74) is 0.0488. The number of carboxylic acid groups (broad SMARTS) is 1. The van der Waals surface area contributed by atoms with Gasteiger partial charge in [0.05, 0.1) is 0 Å². The molecule has 0 fully saturated rings. The first-order chi connectivity index (χ1) is 17.6. The highest BCUT2D eigenvalue weighted by Crippen LogP contribution is 2.14. The van der Waals surface area contributed by atoms with Gasteiger partial charge in [0.25, 0.3) is 5.91 Å². The van der Waals surface area contributed by atoms with Crippen LogP contribution in [-0.4, -0.2) is 44.9 Å². The molecule has 0 aliphatic heterocycles. The van der Waals surface area contributed by atoms with E-state index in [1.807, 2.05) is 4.90 Å². The molecule has 6 heteroatoms. The molecule has 0 aromatic carbocycles. The lowest BCUT2D eigenvalue weighted by Crippen LogP contribution is -2.33. The first-order valence-electron chi connectivity index (χ1n) is 14.9. The minimum absolute atomic E-state index is 0.133. The molecular weight excluding hydrogens is 450 g/mol. The average molecular weight is 504 g/mol. The number of hydrogen-bond donors (Lipinski definition) is 1. The molecule has 0 aliphatic rings. The Balaban J connectivity index is 2.40. The van der Waals surface area contributed by atoms with Crippen LogP contribution in [0.25, 0.3) is 0 Å². The first kappa shape index (κ1) is 32.0. The second-order valence-corrected chi connectivity index (χ2v) is 10.2. The number of aromatic carboxylic acids is 1. The van der Waals surface area contributed by atoms with Crippen LogP contribution in [0.4, 0.5) is 0 Å².